The molecule has 1 aromatic heterocycles. The van der Waals surface area contributed by atoms with Crippen LogP contribution < -0.4 is 5.43 Å². The molecule has 4 aromatic carbocycles. The molecule has 3 nitrogen and oxygen atoms in total. The first-order chi connectivity index (χ1) is 16.2. The summed E-state index contributed by atoms with van der Waals surface area (Å²) in [5.41, 5.74) is 4.54. The minimum atomic E-state index is -0.219. The minimum Gasteiger partial charge on any atom is -0.351 e. The molecule has 0 saturated carbocycles. The van der Waals surface area contributed by atoms with E-state index in [0.717, 1.165) is 11.1 Å². The van der Waals surface area contributed by atoms with E-state index < -0.39 is 0 Å². The molecule has 0 saturated heterocycles. The molecule has 5 aromatic rings. The van der Waals surface area contributed by atoms with E-state index in [2.05, 4.69) is 4.98 Å². The molecule has 3 heteroatoms. The predicted octanol–water partition coefficient (Wildman–Crippen LogP) is 6.61. The van der Waals surface area contributed by atoms with Crippen LogP contribution in [0.15, 0.2) is 126 Å². The normalized spacial score (nSPS) is 10.7. The van der Waals surface area contributed by atoms with Crippen molar-refractivity contribution < 1.29 is 4.79 Å². The number of H-pyrrole nitrogens is 1. The maximum atomic E-state index is 14.1. The van der Waals surface area contributed by atoms with Crippen molar-refractivity contribution in [3.63, 3.8) is 0 Å². The molecular weight excluding hydrogens is 406 g/mol. The van der Waals surface area contributed by atoms with Crippen molar-refractivity contribution in [3.05, 3.63) is 143 Å². The Morgan fingerprint density at radius 2 is 0.939 bits per heavy atom. The van der Waals surface area contributed by atoms with Gasteiger partial charge in [-0.25, -0.2) is 0 Å². The van der Waals surface area contributed by atoms with Crippen LogP contribution in [0.3, 0.4) is 0 Å². The van der Waals surface area contributed by atoms with Gasteiger partial charge in [-0.05, 0) is 16.7 Å². The number of benzene rings is 4. The molecule has 0 spiro atoms. The molecule has 0 aliphatic rings. The molecule has 5 rings (SSSR count). The van der Waals surface area contributed by atoms with Gasteiger partial charge in [-0.1, -0.05) is 121 Å². The number of hydrogen-bond donors (Lipinski definition) is 1. The maximum absolute atomic E-state index is 14.1. The lowest BCUT2D eigenvalue weighted by Gasteiger charge is -2.17. The molecule has 0 fully saturated rings. The van der Waals surface area contributed by atoms with Crippen LogP contribution in [0.25, 0.3) is 33.5 Å². The number of rotatable bonds is 5. The lowest BCUT2D eigenvalue weighted by Crippen LogP contribution is -2.19. The van der Waals surface area contributed by atoms with Gasteiger partial charge in [0.15, 0.2) is 5.43 Å². The fourth-order valence-electron chi connectivity index (χ4n) is 4.09. The highest BCUT2D eigenvalue weighted by Crippen LogP contribution is 2.32. The molecule has 0 amide bonds. The number of hydrogen-bond acceptors (Lipinski definition) is 2. The van der Waals surface area contributed by atoms with Crippen molar-refractivity contribution in [2.24, 2.45) is 0 Å². The van der Waals surface area contributed by atoms with E-state index in [1.165, 1.54) is 0 Å². The van der Waals surface area contributed by atoms with E-state index in [1.807, 2.05) is 109 Å². The standard InChI is InChI=1S/C30H21NO2/c32-29(24-19-11-4-12-20-24)28-26(22-15-7-2-8-16-22)30(33)25(21-13-5-1-6-14-21)27(31-28)23-17-9-3-10-18-23/h1-20H,(H,31,33). The Morgan fingerprint density at radius 3 is 1.45 bits per heavy atom. The average Bonchev–Trinajstić information content (AvgIpc) is 2.89. The first-order valence-electron chi connectivity index (χ1n) is 10.8. The van der Waals surface area contributed by atoms with Gasteiger partial charge in [0, 0.05) is 5.56 Å². The first-order valence-corrected chi connectivity index (χ1v) is 10.8. The molecular formula is C30H21NO2. The fraction of sp³-hybridized carbons (Fsp3) is 0. The molecule has 0 unspecified atom stereocenters. The fourth-order valence-corrected chi connectivity index (χ4v) is 4.09. The zero-order chi connectivity index (χ0) is 22.6. The Labute approximate surface area is 192 Å². The number of aromatic nitrogens is 1. The van der Waals surface area contributed by atoms with Crippen molar-refractivity contribution >= 4 is 5.78 Å². The Balaban J connectivity index is 1.89. The number of carbonyl (C=O) groups is 1. The van der Waals surface area contributed by atoms with E-state index in [4.69, 9.17) is 0 Å². The Bertz CT molecular complexity index is 1460. The largest absolute Gasteiger partial charge is 0.351 e. The lowest BCUT2D eigenvalue weighted by molar-refractivity contribution is 0.103. The smallest absolute Gasteiger partial charge is 0.209 e. The monoisotopic (exact) mass is 427 g/mol. The molecule has 0 radical (unpaired) electrons. The van der Waals surface area contributed by atoms with E-state index >= 15 is 0 Å². The summed E-state index contributed by atoms with van der Waals surface area (Å²) >= 11 is 0. The molecule has 0 aliphatic carbocycles. The summed E-state index contributed by atoms with van der Waals surface area (Å²) in [4.78, 5) is 31.2. The molecule has 1 heterocycles. The van der Waals surface area contributed by atoms with E-state index in [1.54, 1.807) is 12.1 Å². The molecule has 33 heavy (non-hydrogen) atoms. The number of aromatic amines is 1. The van der Waals surface area contributed by atoms with Crippen LogP contribution in [0.5, 0.6) is 0 Å². The van der Waals surface area contributed by atoms with Crippen LogP contribution in [-0.2, 0) is 0 Å². The highest BCUT2D eigenvalue weighted by molar-refractivity contribution is 6.12. The molecule has 0 aliphatic heterocycles. The summed E-state index contributed by atoms with van der Waals surface area (Å²) in [7, 11) is 0. The second kappa shape index (κ2) is 8.93. The molecule has 158 valence electrons. The van der Waals surface area contributed by atoms with Crippen LogP contribution in [0.4, 0.5) is 0 Å². The lowest BCUT2D eigenvalue weighted by atomic mass is 9.91. The van der Waals surface area contributed by atoms with Crippen LogP contribution >= 0.6 is 0 Å². The third kappa shape index (κ3) is 3.92. The Hall–Kier alpha value is -4.50. The second-order valence-corrected chi connectivity index (χ2v) is 7.75. The summed E-state index contributed by atoms with van der Waals surface area (Å²) in [5.74, 6) is -0.219. The van der Waals surface area contributed by atoms with Gasteiger partial charge < -0.3 is 4.98 Å². The third-order valence-corrected chi connectivity index (χ3v) is 5.65. The van der Waals surface area contributed by atoms with Crippen molar-refractivity contribution in [1.82, 2.24) is 4.98 Å². The number of pyridine rings is 1. The summed E-state index contributed by atoms with van der Waals surface area (Å²) in [6.07, 6.45) is 0. The van der Waals surface area contributed by atoms with E-state index in [-0.39, 0.29) is 16.9 Å². The van der Waals surface area contributed by atoms with Gasteiger partial charge in [-0.15, -0.1) is 0 Å². The highest BCUT2D eigenvalue weighted by Gasteiger charge is 2.24. The van der Waals surface area contributed by atoms with E-state index in [0.29, 0.717) is 27.9 Å². The zero-order valence-electron chi connectivity index (χ0n) is 17.9. The number of ketones is 1. The van der Waals surface area contributed by atoms with Gasteiger partial charge in [0.05, 0.1) is 22.5 Å². The van der Waals surface area contributed by atoms with Gasteiger partial charge in [0.1, 0.15) is 0 Å². The van der Waals surface area contributed by atoms with E-state index in [9.17, 15) is 9.59 Å². The topological polar surface area (TPSA) is 49.9 Å². The summed E-state index contributed by atoms with van der Waals surface area (Å²) < 4.78 is 0. The second-order valence-electron chi connectivity index (χ2n) is 7.75. The highest BCUT2D eigenvalue weighted by atomic mass is 16.1. The van der Waals surface area contributed by atoms with Crippen molar-refractivity contribution in [3.8, 4) is 33.5 Å². The summed E-state index contributed by atoms with van der Waals surface area (Å²) in [6, 6.07) is 37.7. The number of carbonyl (C=O) groups excluding carboxylic acids is 1. The number of nitrogens with one attached hydrogen (secondary N) is 1. The Morgan fingerprint density at radius 1 is 0.515 bits per heavy atom. The van der Waals surface area contributed by atoms with Crippen molar-refractivity contribution in [2.45, 2.75) is 0 Å². The average molecular weight is 428 g/mol. The van der Waals surface area contributed by atoms with Gasteiger partial charge >= 0.3 is 0 Å². The Kier molecular flexibility index (Phi) is 5.52. The SMILES string of the molecule is O=C(c1ccccc1)c1[nH]c(-c2ccccc2)c(-c2ccccc2)c(=O)c1-c1ccccc1. The van der Waals surface area contributed by atoms with Gasteiger partial charge in [-0.3, -0.25) is 9.59 Å². The molecule has 0 atom stereocenters. The summed E-state index contributed by atoms with van der Waals surface area (Å²) in [6.45, 7) is 0. The van der Waals surface area contributed by atoms with Gasteiger partial charge in [0.25, 0.3) is 0 Å². The first kappa shape index (κ1) is 20.4. The molecule has 1 N–H and O–H groups in total. The maximum Gasteiger partial charge on any atom is 0.209 e. The van der Waals surface area contributed by atoms with Gasteiger partial charge in [0.2, 0.25) is 5.78 Å². The third-order valence-electron chi connectivity index (χ3n) is 5.65. The van der Waals surface area contributed by atoms with Crippen molar-refractivity contribution in [1.29, 1.82) is 0 Å². The van der Waals surface area contributed by atoms with Crippen molar-refractivity contribution in [2.75, 3.05) is 0 Å². The van der Waals surface area contributed by atoms with Crippen LogP contribution in [0.1, 0.15) is 16.1 Å². The summed E-state index contributed by atoms with van der Waals surface area (Å²) in [5, 5.41) is 0. The molecule has 0 bridgehead atoms. The minimum absolute atomic E-state index is 0.177. The van der Waals surface area contributed by atoms with Crippen LogP contribution in [-0.4, -0.2) is 10.8 Å². The predicted molar refractivity (Wildman–Crippen MR) is 133 cm³/mol. The van der Waals surface area contributed by atoms with Crippen LogP contribution in [0, 0.1) is 0 Å². The zero-order valence-corrected chi connectivity index (χ0v) is 17.9. The van der Waals surface area contributed by atoms with Crippen LogP contribution in [0.2, 0.25) is 0 Å². The quantitative estimate of drug-likeness (QED) is 0.321. The van der Waals surface area contributed by atoms with Gasteiger partial charge in [-0.2, -0.15) is 0 Å².